The van der Waals surface area contributed by atoms with Gasteiger partial charge in [0, 0.05) is 18.9 Å². The first-order chi connectivity index (χ1) is 7.69. The lowest BCUT2D eigenvalue weighted by Gasteiger charge is -2.06. The third-order valence-electron chi connectivity index (χ3n) is 1.65. The maximum Gasteiger partial charge on any atom is 0.344 e. The summed E-state index contributed by atoms with van der Waals surface area (Å²) in [4.78, 5) is 19.7. The zero-order valence-electron chi connectivity index (χ0n) is 8.97. The molecule has 0 bridgehead atoms. The van der Waals surface area contributed by atoms with Crippen molar-refractivity contribution < 1.29 is 9.53 Å². The smallest absolute Gasteiger partial charge is 0.344 e. The molecule has 0 unspecified atom stereocenters. The number of aromatic nitrogens is 2. The van der Waals surface area contributed by atoms with Crippen LogP contribution in [0.5, 0.6) is 0 Å². The van der Waals surface area contributed by atoms with Crippen molar-refractivity contribution in [3.05, 3.63) is 29.6 Å². The van der Waals surface area contributed by atoms with Crippen LogP contribution in [0, 0.1) is 0 Å². The predicted octanol–water partition coefficient (Wildman–Crippen LogP) is 1.10. The number of carbonyl (C=O) groups is 1. The number of ether oxygens (including phenoxy) is 1. The van der Waals surface area contributed by atoms with Gasteiger partial charge in [-0.15, -0.1) is 0 Å². The van der Waals surface area contributed by atoms with Crippen LogP contribution in [-0.4, -0.2) is 22.5 Å². The molecule has 0 atom stereocenters. The average molecular weight is 239 g/mol. The first-order valence-corrected chi connectivity index (χ1v) is 5.54. The van der Waals surface area contributed by atoms with Crippen molar-refractivity contribution in [1.29, 1.82) is 0 Å². The highest BCUT2D eigenvalue weighted by Gasteiger charge is 2.13. The minimum Gasteiger partial charge on any atom is -0.462 e. The van der Waals surface area contributed by atoms with Crippen molar-refractivity contribution in [2.24, 2.45) is 5.73 Å². The quantitative estimate of drug-likeness (QED) is 0.471. The lowest BCUT2D eigenvalue weighted by atomic mass is 10.5. The van der Waals surface area contributed by atoms with Gasteiger partial charge in [0.05, 0.1) is 17.2 Å². The van der Waals surface area contributed by atoms with E-state index in [1.165, 1.54) is 0 Å². The topological polar surface area (TPSA) is 78.1 Å². The van der Waals surface area contributed by atoms with Crippen molar-refractivity contribution in [2.45, 2.75) is 18.5 Å². The standard InChI is InChI=1S/C10H13N3O2S/c1-3-15-10(14)7(2)16-9-8(6-11)12-4-5-13-9/h4-5H,2-3,6,11H2,1H3. The first-order valence-electron chi connectivity index (χ1n) is 4.72. The molecule has 0 saturated heterocycles. The fourth-order valence-electron chi connectivity index (χ4n) is 0.949. The number of nitrogens with zero attached hydrogens (tertiary/aromatic N) is 2. The number of nitrogens with two attached hydrogens (primary N) is 1. The van der Waals surface area contributed by atoms with Crippen molar-refractivity contribution in [3.8, 4) is 0 Å². The molecule has 1 rings (SSSR count). The van der Waals surface area contributed by atoms with Crippen LogP contribution in [-0.2, 0) is 16.1 Å². The number of carbonyl (C=O) groups excluding carboxylic acids is 1. The number of rotatable bonds is 5. The summed E-state index contributed by atoms with van der Waals surface area (Å²) in [6.45, 7) is 5.96. The second-order valence-corrected chi connectivity index (χ2v) is 3.84. The van der Waals surface area contributed by atoms with Gasteiger partial charge in [-0.25, -0.2) is 9.78 Å². The van der Waals surface area contributed by atoms with Gasteiger partial charge in [-0.05, 0) is 6.92 Å². The molecule has 1 aromatic rings. The Morgan fingerprint density at radius 2 is 2.25 bits per heavy atom. The minimum absolute atomic E-state index is 0.270. The van der Waals surface area contributed by atoms with Gasteiger partial charge in [-0.1, -0.05) is 18.3 Å². The fourth-order valence-corrected chi connectivity index (χ4v) is 1.69. The van der Waals surface area contributed by atoms with Gasteiger partial charge >= 0.3 is 5.97 Å². The Morgan fingerprint density at radius 3 is 2.88 bits per heavy atom. The zero-order valence-corrected chi connectivity index (χ0v) is 9.79. The molecular weight excluding hydrogens is 226 g/mol. The summed E-state index contributed by atoms with van der Waals surface area (Å²) in [5, 5.41) is 0.586. The fraction of sp³-hybridized carbons (Fsp3) is 0.300. The molecule has 0 fully saturated rings. The first kappa shape index (κ1) is 12.7. The maximum absolute atomic E-state index is 11.3. The van der Waals surface area contributed by atoms with E-state index in [1.54, 1.807) is 19.3 Å². The molecule has 0 aromatic carbocycles. The van der Waals surface area contributed by atoms with Gasteiger partial charge in [-0.3, -0.25) is 4.98 Å². The summed E-state index contributed by atoms with van der Waals surface area (Å²) in [5.41, 5.74) is 6.14. The SMILES string of the molecule is C=C(Sc1nccnc1CN)C(=O)OCC. The Balaban J connectivity index is 2.73. The molecule has 0 aliphatic rings. The molecule has 0 amide bonds. The molecule has 1 aromatic heterocycles. The predicted molar refractivity (Wildman–Crippen MR) is 61.6 cm³/mol. The molecule has 0 aliphatic heterocycles. The lowest BCUT2D eigenvalue weighted by molar-refractivity contribution is -0.137. The van der Waals surface area contributed by atoms with E-state index in [9.17, 15) is 4.79 Å². The summed E-state index contributed by atoms with van der Waals surface area (Å²) in [6.07, 6.45) is 3.10. The van der Waals surface area contributed by atoms with Gasteiger partial charge in [0.2, 0.25) is 0 Å². The molecule has 16 heavy (non-hydrogen) atoms. The Kier molecular flexibility index (Phi) is 4.94. The van der Waals surface area contributed by atoms with E-state index in [1.807, 2.05) is 0 Å². The lowest BCUT2D eigenvalue weighted by Crippen LogP contribution is -2.07. The second-order valence-electron chi connectivity index (χ2n) is 2.76. The molecule has 0 aliphatic carbocycles. The van der Waals surface area contributed by atoms with Crippen LogP contribution < -0.4 is 5.73 Å². The Hall–Kier alpha value is -1.40. The number of hydrogen-bond acceptors (Lipinski definition) is 6. The molecule has 2 N–H and O–H groups in total. The van der Waals surface area contributed by atoms with Gasteiger partial charge in [0.25, 0.3) is 0 Å². The Labute approximate surface area is 98.1 Å². The van der Waals surface area contributed by atoms with Crippen LogP contribution in [0.1, 0.15) is 12.6 Å². The van der Waals surface area contributed by atoms with Crippen LogP contribution in [0.3, 0.4) is 0 Å². The highest BCUT2D eigenvalue weighted by atomic mass is 32.2. The Morgan fingerprint density at radius 1 is 1.56 bits per heavy atom. The van der Waals surface area contributed by atoms with Crippen LogP contribution in [0.4, 0.5) is 0 Å². The highest BCUT2D eigenvalue weighted by Crippen LogP contribution is 2.25. The summed E-state index contributed by atoms with van der Waals surface area (Å²) >= 11 is 1.12. The molecule has 5 nitrogen and oxygen atoms in total. The van der Waals surface area contributed by atoms with Crippen LogP contribution in [0.15, 0.2) is 28.9 Å². The van der Waals surface area contributed by atoms with Gasteiger partial charge in [0.1, 0.15) is 5.03 Å². The van der Waals surface area contributed by atoms with E-state index in [0.717, 1.165) is 11.8 Å². The zero-order chi connectivity index (χ0) is 12.0. The van der Waals surface area contributed by atoms with E-state index in [0.29, 0.717) is 17.3 Å². The average Bonchev–Trinajstić information content (AvgIpc) is 2.30. The largest absolute Gasteiger partial charge is 0.462 e. The van der Waals surface area contributed by atoms with E-state index >= 15 is 0 Å². The van der Waals surface area contributed by atoms with Crippen molar-refractivity contribution >= 4 is 17.7 Å². The van der Waals surface area contributed by atoms with E-state index in [-0.39, 0.29) is 11.4 Å². The third-order valence-corrected chi connectivity index (χ3v) is 2.60. The summed E-state index contributed by atoms with van der Waals surface area (Å²) < 4.78 is 4.81. The molecule has 1 heterocycles. The van der Waals surface area contributed by atoms with Crippen molar-refractivity contribution in [1.82, 2.24) is 9.97 Å². The number of hydrogen-bond donors (Lipinski definition) is 1. The van der Waals surface area contributed by atoms with Crippen molar-refractivity contribution in [3.63, 3.8) is 0 Å². The van der Waals surface area contributed by atoms with E-state index in [2.05, 4.69) is 16.5 Å². The van der Waals surface area contributed by atoms with Gasteiger partial charge in [-0.2, -0.15) is 0 Å². The van der Waals surface area contributed by atoms with E-state index < -0.39 is 5.97 Å². The second kappa shape index (κ2) is 6.24. The summed E-state index contributed by atoms with van der Waals surface area (Å²) in [5.74, 6) is -0.443. The molecule has 86 valence electrons. The normalized spacial score (nSPS) is 9.88. The monoisotopic (exact) mass is 239 g/mol. The molecular formula is C10H13N3O2S. The van der Waals surface area contributed by atoms with Crippen LogP contribution in [0.25, 0.3) is 0 Å². The molecule has 0 spiro atoms. The third kappa shape index (κ3) is 3.32. The summed E-state index contributed by atoms with van der Waals surface area (Å²) in [7, 11) is 0. The van der Waals surface area contributed by atoms with Gasteiger partial charge in [0.15, 0.2) is 0 Å². The maximum atomic E-state index is 11.3. The van der Waals surface area contributed by atoms with Crippen molar-refractivity contribution in [2.75, 3.05) is 6.61 Å². The van der Waals surface area contributed by atoms with E-state index in [4.69, 9.17) is 10.5 Å². The van der Waals surface area contributed by atoms with Gasteiger partial charge < -0.3 is 10.5 Å². The minimum atomic E-state index is -0.443. The Bertz CT molecular complexity index is 395. The molecule has 6 heteroatoms. The number of thioether (sulfide) groups is 1. The highest BCUT2D eigenvalue weighted by molar-refractivity contribution is 8.03. The molecule has 0 radical (unpaired) electrons. The number of esters is 1. The summed E-state index contributed by atoms with van der Waals surface area (Å²) in [6, 6.07) is 0. The van der Waals surface area contributed by atoms with Crippen LogP contribution >= 0.6 is 11.8 Å². The molecule has 0 saturated carbocycles. The van der Waals surface area contributed by atoms with Crippen LogP contribution in [0.2, 0.25) is 0 Å².